The standard InChI is InChI=1S/C14H27N3O3/c1-5-14(3,4)16-13(20)15-10-7-11(8-10)17(6-2)9-12(18)19/h10-11H,5-9H2,1-4H3,(H,18,19)(H2,15,16,20). The number of urea groups is 1. The third kappa shape index (κ3) is 5.00. The molecular weight excluding hydrogens is 258 g/mol. The Balaban J connectivity index is 2.31. The molecule has 0 aromatic heterocycles. The van der Waals surface area contributed by atoms with Crippen molar-refractivity contribution in [3.8, 4) is 0 Å². The molecule has 6 nitrogen and oxygen atoms in total. The highest BCUT2D eigenvalue weighted by molar-refractivity contribution is 5.75. The van der Waals surface area contributed by atoms with Gasteiger partial charge < -0.3 is 15.7 Å². The maximum absolute atomic E-state index is 11.8. The molecule has 1 fully saturated rings. The van der Waals surface area contributed by atoms with Crippen LogP contribution in [-0.2, 0) is 4.79 Å². The highest BCUT2D eigenvalue weighted by atomic mass is 16.4. The number of carbonyl (C=O) groups excluding carboxylic acids is 1. The molecule has 3 N–H and O–H groups in total. The second-order valence-corrected chi connectivity index (χ2v) is 6.11. The van der Waals surface area contributed by atoms with Crippen molar-refractivity contribution in [3.05, 3.63) is 0 Å². The number of hydrogen-bond acceptors (Lipinski definition) is 3. The van der Waals surface area contributed by atoms with Gasteiger partial charge in [-0.3, -0.25) is 9.69 Å². The Hall–Kier alpha value is -1.30. The Morgan fingerprint density at radius 2 is 1.90 bits per heavy atom. The maximum atomic E-state index is 11.8. The molecule has 1 aliphatic carbocycles. The minimum absolute atomic E-state index is 0.0724. The van der Waals surface area contributed by atoms with Crippen molar-refractivity contribution in [2.75, 3.05) is 13.1 Å². The lowest BCUT2D eigenvalue weighted by molar-refractivity contribution is -0.139. The van der Waals surface area contributed by atoms with Crippen molar-refractivity contribution in [3.63, 3.8) is 0 Å². The molecule has 0 aromatic rings. The number of carbonyl (C=O) groups is 2. The smallest absolute Gasteiger partial charge is 0.317 e. The third-order valence-corrected chi connectivity index (χ3v) is 4.05. The highest BCUT2D eigenvalue weighted by Crippen LogP contribution is 2.25. The summed E-state index contributed by atoms with van der Waals surface area (Å²) in [5.74, 6) is -0.800. The number of likely N-dealkylation sites (N-methyl/N-ethyl adjacent to an activating group) is 1. The van der Waals surface area contributed by atoms with E-state index in [1.165, 1.54) is 0 Å². The van der Waals surface area contributed by atoms with Gasteiger partial charge in [0.25, 0.3) is 0 Å². The minimum Gasteiger partial charge on any atom is -0.480 e. The zero-order chi connectivity index (χ0) is 15.3. The summed E-state index contributed by atoms with van der Waals surface area (Å²) in [5.41, 5.74) is -0.202. The van der Waals surface area contributed by atoms with Crippen LogP contribution < -0.4 is 10.6 Å². The van der Waals surface area contributed by atoms with Crippen LogP contribution in [0.2, 0.25) is 0 Å². The van der Waals surface area contributed by atoms with E-state index in [9.17, 15) is 9.59 Å². The number of aliphatic carboxylic acids is 1. The summed E-state index contributed by atoms with van der Waals surface area (Å²) in [6.07, 6.45) is 2.51. The van der Waals surface area contributed by atoms with Crippen LogP contribution in [0, 0.1) is 0 Å². The van der Waals surface area contributed by atoms with Gasteiger partial charge in [-0.15, -0.1) is 0 Å². The Kier molecular flexibility index (Phi) is 5.80. The first-order valence-corrected chi connectivity index (χ1v) is 7.32. The van der Waals surface area contributed by atoms with Crippen molar-refractivity contribution in [2.45, 2.75) is 64.6 Å². The second kappa shape index (κ2) is 6.92. The van der Waals surface area contributed by atoms with Crippen molar-refractivity contribution in [2.24, 2.45) is 0 Å². The first-order valence-electron chi connectivity index (χ1n) is 7.32. The molecule has 0 spiro atoms. The summed E-state index contributed by atoms with van der Waals surface area (Å²) >= 11 is 0. The highest BCUT2D eigenvalue weighted by Gasteiger charge is 2.35. The average molecular weight is 285 g/mol. The van der Waals surface area contributed by atoms with Gasteiger partial charge in [-0.1, -0.05) is 13.8 Å². The summed E-state index contributed by atoms with van der Waals surface area (Å²) in [4.78, 5) is 24.5. The number of hydrogen-bond donors (Lipinski definition) is 3. The third-order valence-electron chi connectivity index (χ3n) is 4.05. The predicted octanol–water partition coefficient (Wildman–Crippen LogP) is 1.41. The van der Waals surface area contributed by atoms with Crippen LogP contribution in [0.5, 0.6) is 0 Å². The van der Waals surface area contributed by atoms with Gasteiger partial charge in [-0.25, -0.2) is 4.79 Å². The van der Waals surface area contributed by atoms with Crippen molar-refractivity contribution < 1.29 is 14.7 Å². The maximum Gasteiger partial charge on any atom is 0.317 e. The van der Waals surface area contributed by atoms with E-state index in [-0.39, 0.29) is 30.2 Å². The van der Waals surface area contributed by atoms with E-state index in [2.05, 4.69) is 10.6 Å². The molecule has 0 aliphatic heterocycles. The molecule has 2 amide bonds. The monoisotopic (exact) mass is 285 g/mol. The number of carboxylic acids is 1. The van der Waals surface area contributed by atoms with E-state index in [0.717, 1.165) is 25.8 Å². The SMILES string of the molecule is CCN(CC(=O)O)C1CC(NC(=O)NC(C)(C)CC)C1. The molecule has 1 saturated carbocycles. The quantitative estimate of drug-likeness (QED) is 0.660. The molecule has 20 heavy (non-hydrogen) atoms. The van der Waals surface area contributed by atoms with Crippen LogP contribution in [0.15, 0.2) is 0 Å². The molecule has 0 aromatic carbocycles. The molecule has 116 valence electrons. The van der Waals surface area contributed by atoms with Gasteiger partial charge in [0.15, 0.2) is 0 Å². The second-order valence-electron chi connectivity index (χ2n) is 6.11. The minimum atomic E-state index is -0.800. The first kappa shape index (κ1) is 16.8. The molecular formula is C14H27N3O3. The molecule has 6 heteroatoms. The zero-order valence-electron chi connectivity index (χ0n) is 12.9. The Labute approximate surface area is 120 Å². The van der Waals surface area contributed by atoms with E-state index in [1.807, 2.05) is 32.6 Å². The van der Waals surface area contributed by atoms with Gasteiger partial charge in [0.2, 0.25) is 0 Å². The fourth-order valence-corrected chi connectivity index (χ4v) is 2.29. The Morgan fingerprint density at radius 1 is 1.30 bits per heavy atom. The largest absolute Gasteiger partial charge is 0.480 e. The lowest BCUT2D eigenvalue weighted by Gasteiger charge is -2.42. The van der Waals surface area contributed by atoms with Crippen LogP contribution in [0.3, 0.4) is 0 Å². The molecule has 1 aliphatic rings. The Morgan fingerprint density at radius 3 is 2.35 bits per heavy atom. The van der Waals surface area contributed by atoms with E-state index >= 15 is 0 Å². The van der Waals surface area contributed by atoms with Gasteiger partial charge in [0, 0.05) is 17.6 Å². The fraction of sp³-hybridized carbons (Fsp3) is 0.857. The van der Waals surface area contributed by atoms with E-state index in [0.29, 0.717) is 0 Å². The normalized spacial score (nSPS) is 22.2. The van der Waals surface area contributed by atoms with Gasteiger partial charge >= 0.3 is 12.0 Å². The zero-order valence-corrected chi connectivity index (χ0v) is 12.9. The molecule has 0 bridgehead atoms. The average Bonchev–Trinajstić information content (AvgIpc) is 2.30. The van der Waals surface area contributed by atoms with Crippen LogP contribution >= 0.6 is 0 Å². The molecule has 0 saturated heterocycles. The van der Waals surface area contributed by atoms with Gasteiger partial charge in [-0.2, -0.15) is 0 Å². The van der Waals surface area contributed by atoms with Crippen LogP contribution in [0.4, 0.5) is 4.79 Å². The van der Waals surface area contributed by atoms with E-state index in [4.69, 9.17) is 5.11 Å². The van der Waals surface area contributed by atoms with Crippen molar-refractivity contribution >= 4 is 12.0 Å². The van der Waals surface area contributed by atoms with Crippen LogP contribution in [0.25, 0.3) is 0 Å². The summed E-state index contributed by atoms with van der Waals surface area (Å²) in [7, 11) is 0. The fourth-order valence-electron chi connectivity index (χ4n) is 2.29. The summed E-state index contributed by atoms with van der Waals surface area (Å²) in [6, 6.07) is 0.276. The van der Waals surface area contributed by atoms with Crippen LogP contribution in [-0.4, -0.2) is 52.7 Å². The van der Waals surface area contributed by atoms with E-state index in [1.54, 1.807) is 0 Å². The number of rotatable bonds is 7. The molecule has 0 atom stereocenters. The van der Waals surface area contributed by atoms with Gasteiger partial charge in [-0.05, 0) is 39.7 Å². The molecule has 0 heterocycles. The molecule has 0 radical (unpaired) electrons. The lowest BCUT2D eigenvalue weighted by Crippen LogP contribution is -2.58. The number of carboxylic acid groups (broad SMARTS) is 1. The van der Waals surface area contributed by atoms with Crippen molar-refractivity contribution in [1.29, 1.82) is 0 Å². The van der Waals surface area contributed by atoms with Crippen molar-refractivity contribution in [1.82, 2.24) is 15.5 Å². The first-order chi connectivity index (χ1) is 9.27. The summed E-state index contributed by atoms with van der Waals surface area (Å²) in [5, 5.41) is 14.7. The number of nitrogens with one attached hydrogen (secondary N) is 2. The number of amides is 2. The molecule has 0 unspecified atom stereocenters. The predicted molar refractivity (Wildman–Crippen MR) is 77.7 cm³/mol. The number of nitrogens with zero attached hydrogens (tertiary/aromatic N) is 1. The van der Waals surface area contributed by atoms with E-state index < -0.39 is 5.97 Å². The molecule has 1 rings (SSSR count). The topological polar surface area (TPSA) is 81.7 Å². The van der Waals surface area contributed by atoms with Gasteiger partial charge in [0.1, 0.15) is 0 Å². The lowest BCUT2D eigenvalue weighted by atomic mass is 9.85. The van der Waals surface area contributed by atoms with Crippen LogP contribution in [0.1, 0.15) is 47.0 Å². The van der Waals surface area contributed by atoms with Gasteiger partial charge in [0.05, 0.1) is 6.54 Å². The summed E-state index contributed by atoms with van der Waals surface area (Å²) < 4.78 is 0. The summed E-state index contributed by atoms with van der Waals surface area (Å²) in [6.45, 7) is 8.76. The Bertz CT molecular complexity index is 352.